The van der Waals surface area contributed by atoms with Crippen LogP contribution in [0.15, 0.2) is 48.1 Å². The van der Waals surface area contributed by atoms with E-state index in [-0.39, 0.29) is 18.6 Å². The van der Waals surface area contributed by atoms with Crippen LogP contribution in [0.4, 0.5) is 0 Å². The Morgan fingerprint density at radius 2 is 1.56 bits per heavy atom. The number of rotatable bonds is 26. The number of benzene rings is 1. The SMILES string of the molecule is CCCCCCC(O)C(=O)CCCCCCC=CC(C(=O)NC(Cc1ccc(OCC=C(C)C)cc1)C(=O)O)C(O)(CC(=O)O)C(=O)O. The van der Waals surface area contributed by atoms with E-state index in [1.165, 1.54) is 6.08 Å². The predicted octanol–water partition coefficient (Wildman–Crippen LogP) is 4.85. The quantitative estimate of drug-likeness (QED) is 0.0578. The molecule has 0 aliphatic carbocycles. The summed E-state index contributed by atoms with van der Waals surface area (Å²) in [5.41, 5.74) is -1.42. The van der Waals surface area contributed by atoms with Crippen LogP contribution in [-0.4, -0.2) is 79.5 Å². The molecule has 0 heterocycles. The monoisotopic (exact) mass is 675 g/mol. The fraction of sp³-hybridized carbons (Fsp3) is 0.583. The smallest absolute Gasteiger partial charge is 0.337 e. The number of amides is 1. The molecule has 4 atom stereocenters. The van der Waals surface area contributed by atoms with Crippen LogP contribution in [0.2, 0.25) is 0 Å². The minimum atomic E-state index is -3.04. The van der Waals surface area contributed by atoms with Crippen LogP contribution in [0.25, 0.3) is 0 Å². The van der Waals surface area contributed by atoms with Gasteiger partial charge in [-0.2, -0.15) is 0 Å². The summed E-state index contributed by atoms with van der Waals surface area (Å²) in [7, 11) is 0. The van der Waals surface area contributed by atoms with Gasteiger partial charge in [0.15, 0.2) is 11.4 Å². The molecule has 1 aromatic carbocycles. The van der Waals surface area contributed by atoms with Crippen molar-refractivity contribution < 1.29 is 54.2 Å². The van der Waals surface area contributed by atoms with Gasteiger partial charge in [0.1, 0.15) is 24.5 Å². The third-order valence-electron chi connectivity index (χ3n) is 7.88. The molecule has 0 aliphatic heterocycles. The lowest BCUT2D eigenvalue weighted by atomic mass is 9.82. The molecule has 0 fully saturated rings. The third kappa shape index (κ3) is 16.2. The van der Waals surface area contributed by atoms with E-state index in [1.807, 2.05) is 19.9 Å². The molecule has 0 aliphatic rings. The Morgan fingerprint density at radius 3 is 2.15 bits per heavy atom. The lowest BCUT2D eigenvalue weighted by Gasteiger charge is -2.29. The molecule has 268 valence electrons. The Hall–Kier alpha value is -4.03. The molecule has 0 saturated heterocycles. The zero-order valence-corrected chi connectivity index (χ0v) is 28.4. The number of hydrogen-bond donors (Lipinski definition) is 6. The van der Waals surface area contributed by atoms with Crippen molar-refractivity contribution in [3.63, 3.8) is 0 Å². The maximum Gasteiger partial charge on any atom is 0.337 e. The molecule has 0 bridgehead atoms. The second kappa shape index (κ2) is 22.5. The van der Waals surface area contributed by atoms with Gasteiger partial charge in [-0.05, 0) is 63.3 Å². The number of carboxylic acids is 3. The molecule has 12 nitrogen and oxygen atoms in total. The van der Waals surface area contributed by atoms with Gasteiger partial charge in [0.25, 0.3) is 0 Å². The van der Waals surface area contributed by atoms with Crippen molar-refractivity contribution in [2.45, 2.75) is 122 Å². The Balaban J connectivity index is 2.85. The molecule has 48 heavy (non-hydrogen) atoms. The van der Waals surface area contributed by atoms with Crippen molar-refractivity contribution in [2.75, 3.05) is 6.61 Å². The number of carbonyl (C=O) groups is 5. The summed E-state index contributed by atoms with van der Waals surface area (Å²) in [5, 5.41) is 52.1. The van der Waals surface area contributed by atoms with Crippen LogP contribution in [0.3, 0.4) is 0 Å². The lowest BCUT2D eigenvalue weighted by molar-refractivity contribution is -0.172. The first-order valence-electron chi connectivity index (χ1n) is 16.6. The topological polar surface area (TPSA) is 208 Å². The van der Waals surface area contributed by atoms with E-state index in [0.717, 1.165) is 37.3 Å². The number of nitrogens with one attached hydrogen (secondary N) is 1. The van der Waals surface area contributed by atoms with Crippen LogP contribution < -0.4 is 10.1 Å². The Kier molecular flexibility index (Phi) is 19.7. The average molecular weight is 676 g/mol. The number of ether oxygens (including phenoxy) is 1. The van der Waals surface area contributed by atoms with Crippen molar-refractivity contribution in [3.05, 3.63) is 53.6 Å². The van der Waals surface area contributed by atoms with Gasteiger partial charge in [0.2, 0.25) is 5.91 Å². The summed E-state index contributed by atoms with van der Waals surface area (Å²) >= 11 is 0. The van der Waals surface area contributed by atoms with Crippen molar-refractivity contribution >= 4 is 29.6 Å². The van der Waals surface area contributed by atoms with Gasteiger partial charge in [0, 0.05) is 12.8 Å². The Morgan fingerprint density at radius 1 is 0.917 bits per heavy atom. The van der Waals surface area contributed by atoms with E-state index >= 15 is 0 Å². The Labute approximate surface area is 282 Å². The van der Waals surface area contributed by atoms with Crippen molar-refractivity contribution in [3.8, 4) is 5.75 Å². The van der Waals surface area contributed by atoms with Gasteiger partial charge in [-0.25, -0.2) is 9.59 Å². The highest BCUT2D eigenvalue weighted by Gasteiger charge is 2.49. The van der Waals surface area contributed by atoms with E-state index in [1.54, 1.807) is 24.3 Å². The number of ketones is 1. The van der Waals surface area contributed by atoms with Crippen LogP contribution in [-0.2, 0) is 30.4 Å². The van der Waals surface area contributed by atoms with E-state index in [9.17, 15) is 49.5 Å². The molecular formula is C36H53NO11. The van der Waals surface area contributed by atoms with Crippen molar-refractivity contribution in [1.29, 1.82) is 0 Å². The first kappa shape index (κ1) is 42.0. The number of carboxylic acid groups (broad SMARTS) is 3. The summed E-state index contributed by atoms with van der Waals surface area (Å²) in [5.74, 6) is -7.69. The first-order chi connectivity index (χ1) is 22.7. The highest BCUT2D eigenvalue weighted by Crippen LogP contribution is 2.26. The molecular weight excluding hydrogens is 622 g/mol. The van der Waals surface area contributed by atoms with Gasteiger partial charge in [-0.3, -0.25) is 14.4 Å². The molecule has 0 aromatic heterocycles. The van der Waals surface area contributed by atoms with Crippen molar-refractivity contribution in [1.82, 2.24) is 5.32 Å². The fourth-order valence-electron chi connectivity index (χ4n) is 4.98. The summed E-state index contributed by atoms with van der Waals surface area (Å²) < 4.78 is 5.60. The van der Waals surface area contributed by atoms with E-state index in [4.69, 9.17) is 4.74 Å². The zero-order chi connectivity index (χ0) is 36.1. The number of Topliss-reactive ketones (excluding diaryl/α,β-unsaturated/α-hetero) is 1. The van der Waals surface area contributed by atoms with E-state index in [2.05, 4.69) is 12.2 Å². The standard InChI is InChI=1S/C36H53NO11/c1-4-5-6-12-15-30(38)31(39)16-13-10-8-7-9-11-14-28(36(47,35(45)46)24-32(40)41)33(42)37-29(34(43)44)23-26-17-19-27(20-18-26)48-22-21-25(2)3/h11,14,17-21,28-30,38,47H,4-10,12-13,15-16,22-24H2,1-3H3,(H,37,42)(H,40,41)(H,43,44)(H,45,46). The first-order valence-corrected chi connectivity index (χ1v) is 16.6. The molecule has 0 spiro atoms. The van der Waals surface area contributed by atoms with Gasteiger partial charge in [-0.15, -0.1) is 0 Å². The van der Waals surface area contributed by atoms with Crippen LogP contribution in [0.5, 0.6) is 5.75 Å². The second-order valence-corrected chi connectivity index (χ2v) is 12.3. The number of carbonyl (C=O) groups excluding carboxylic acids is 2. The molecule has 0 saturated carbocycles. The van der Waals surface area contributed by atoms with Crippen LogP contribution in [0, 0.1) is 5.92 Å². The summed E-state index contributed by atoms with van der Waals surface area (Å²) in [6.07, 6.45) is 9.66. The van der Waals surface area contributed by atoms with Crippen LogP contribution in [0.1, 0.15) is 103 Å². The van der Waals surface area contributed by atoms with Crippen molar-refractivity contribution in [2.24, 2.45) is 5.92 Å². The van der Waals surface area contributed by atoms with E-state index < -0.39 is 53.9 Å². The summed E-state index contributed by atoms with van der Waals surface area (Å²) in [6, 6.07) is 5.04. The molecule has 0 radical (unpaired) electrons. The zero-order valence-electron chi connectivity index (χ0n) is 28.4. The molecule has 1 amide bonds. The normalized spacial score (nSPS) is 14.4. The molecule has 6 N–H and O–H groups in total. The second-order valence-electron chi connectivity index (χ2n) is 12.3. The fourth-order valence-corrected chi connectivity index (χ4v) is 4.98. The minimum Gasteiger partial charge on any atom is -0.490 e. The maximum absolute atomic E-state index is 13.3. The number of hydrogen-bond acceptors (Lipinski definition) is 8. The third-order valence-corrected chi connectivity index (χ3v) is 7.88. The molecule has 12 heteroatoms. The minimum absolute atomic E-state index is 0.172. The maximum atomic E-state index is 13.3. The average Bonchev–Trinajstić information content (AvgIpc) is 3.01. The largest absolute Gasteiger partial charge is 0.490 e. The highest BCUT2D eigenvalue weighted by molar-refractivity contribution is 5.94. The number of aliphatic hydroxyl groups excluding tert-OH is 1. The van der Waals surface area contributed by atoms with Gasteiger partial charge in [-0.1, -0.05) is 75.3 Å². The number of unbranched alkanes of at least 4 members (excludes halogenated alkanes) is 7. The number of aliphatic carboxylic acids is 3. The summed E-state index contributed by atoms with van der Waals surface area (Å²) in [6.45, 7) is 6.32. The Bertz CT molecular complexity index is 1240. The molecule has 4 unspecified atom stereocenters. The molecule has 1 aromatic rings. The number of aliphatic hydroxyl groups is 2. The van der Waals surface area contributed by atoms with Gasteiger partial charge >= 0.3 is 17.9 Å². The molecule has 1 rings (SSSR count). The number of allylic oxidation sites excluding steroid dienone is 2. The lowest BCUT2D eigenvalue weighted by Crippen LogP contribution is -2.55. The summed E-state index contributed by atoms with van der Waals surface area (Å²) in [4.78, 5) is 61.0. The predicted molar refractivity (Wildman–Crippen MR) is 180 cm³/mol. The highest BCUT2D eigenvalue weighted by atomic mass is 16.5. The van der Waals surface area contributed by atoms with Crippen LogP contribution >= 0.6 is 0 Å². The van der Waals surface area contributed by atoms with Gasteiger partial charge < -0.3 is 35.6 Å². The van der Waals surface area contributed by atoms with Gasteiger partial charge in [0.05, 0.1) is 12.3 Å². The van der Waals surface area contributed by atoms with E-state index in [0.29, 0.717) is 56.4 Å².